The van der Waals surface area contributed by atoms with Crippen molar-refractivity contribution in [1.29, 1.82) is 0 Å². The van der Waals surface area contributed by atoms with E-state index in [4.69, 9.17) is 14.6 Å². The van der Waals surface area contributed by atoms with Gasteiger partial charge in [-0.3, -0.25) is 4.79 Å². The van der Waals surface area contributed by atoms with E-state index >= 15 is 0 Å². The van der Waals surface area contributed by atoms with Gasteiger partial charge in [0.05, 0.1) is 0 Å². The Kier molecular flexibility index (Phi) is 8.61. The molecule has 0 aliphatic rings. The van der Waals surface area contributed by atoms with Gasteiger partial charge in [0.15, 0.2) is 18.1 Å². The number of ether oxygens (including phenoxy) is 2. The summed E-state index contributed by atoms with van der Waals surface area (Å²) in [5.74, 6) is -1.16. The number of hydrogen-bond acceptors (Lipinski definition) is 4. The molecule has 0 spiro atoms. The molecule has 1 unspecified atom stereocenters. The monoisotopic (exact) mass is 429 g/mol. The molecular formula is C24H28FNO5. The van der Waals surface area contributed by atoms with Crippen LogP contribution in [0.15, 0.2) is 48.5 Å². The number of carboxylic acid groups (broad SMARTS) is 1. The molecule has 0 saturated heterocycles. The van der Waals surface area contributed by atoms with Gasteiger partial charge in [0.25, 0.3) is 0 Å². The van der Waals surface area contributed by atoms with Crippen LogP contribution in [0.4, 0.5) is 4.39 Å². The highest BCUT2D eigenvalue weighted by molar-refractivity contribution is 5.95. The predicted molar refractivity (Wildman–Crippen MR) is 117 cm³/mol. The zero-order chi connectivity index (χ0) is 23.0. The maximum Gasteiger partial charge on any atom is 0.341 e. The number of benzene rings is 2. The molecule has 0 aliphatic heterocycles. The maximum atomic E-state index is 14.1. The SMILES string of the molecule is CCN(CC)C(=O)/C=C(/C)c1ccc(OC(C)c2ccccc2F)c(OCC(=O)O)c1. The van der Waals surface area contributed by atoms with Crippen LogP contribution >= 0.6 is 0 Å². The first kappa shape index (κ1) is 23.9. The number of likely N-dealkylation sites (N-methyl/N-ethyl adjacent to an activating group) is 1. The first-order chi connectivity index (χ1) is 14.8. The van der Waals surface area contributed by atoms with Crippen molar-refractivity contribution in [2.24, 2.45) is 0 Å². The van der Waals surface area contributed by atoms with Crippen LogP contribution in [0.25, 0.3) is 5.57 Å². The molecule has 31 heavy (non-hydrogen) atoms. The van der Waals surface area contributed by atoms with E-state index in [0.29, 0.717) is 29.8 Å². The van der Waals surface area contributed by atoms with E-state index in [-0.39, 0.29) is 17.4 Å². The third kappa shape index (κ3) is 6.57. The number of aliphatic carboxylic acids is 1. The highest BCUT2D eigenvalue weighted by Gasteiger charge is 2.17. The molecule has 2 aromatic rings. The van der Waals surface area contributed by atoms with Gasteiger partial charge in [0.1, 0.15) is 11.9 Å². The van der Waals surface area contributed by atoms with Crippen molar-refractivity contribution in [2.75, 3.05) is 19.7 Å². The highest BCUT2D eigenvalue weighted by atomic mass is 19.1. The number of nitrogens with zero attached hydrogens (tertiary/aromatic N) is 1. The fraction of sp³-hybridized carbons (Fsp3) is 0.333. The van der Waals surface area contributed by atoms with E-state index in [1.165, 1.54) is 12.1 Å². The van der Waals surface area contributed by atoms with Crippen LogP contribution in [0.5, 0.6) is 11.5 Å². The van der Waals surface area contributed by atoms with Crippen LogP contribution in [0, 0.1) is 5.82 Å². The van der Waals surface area contributed by atoms with E-state index < -0.39 is 24.5 Å². The number of amides is 1. The summed E-state index contributed by atoms with van der Waals surface area (Å²) in [6.45, 7) is 7.95. The molecule has 0 fully saturated rings. The average molecular weight is 429 g/mol. The molecule has 1 amide bonds. The first-order valence-electron chi connectivity index (χ1n) is 10.1. The Hall–Kier alpha value is -3.35. The molecule has 166 valence electrons. The van der Waals surface area contributed by atoms with Crippen molar-refractivity contribution in [3.8, 4) is 11.5 Å². The largest absolute Gasteiger partial charge is 0.482 e. The Labute approximate surface area is 181 Å². The molecular weight excluding hydrogens is 401 g/mol. The Morgan fingerprint density at radius 3 is 2.42 bits per heavy atom. The Balaban J connectivity index is 2.34. The molecule has 2 aromatic carbocycles. The number of carbonyl (C=O) groups is 2. The Bertz CT molecular complexity index is 953. The number of halogens is 1. The normalized spacial score (nSPS) is 12.2. The minimum Gasteiger partial charge on any atom is -0.482 e. The standard InChI is InChI=1S/C24H28FNO5/c1-5-26(6-2)23(27)13-16(3)18-11-12-21(22(14-18)30-15-24(28)29)31-17(4)19-9-7-8-10-20(19)25/h7-14,17H,5-6,15H2,1-4H3,(H,28,29)/b16-13-. The van der Waals surface area contributed by atoms with Crippen LogP contribution in [0.3, 0.4) is 0 Å². The van der Waals surface area contributed by atoms with Crippen molar-refractivity contribution in [3.05, 3.63) is 65.5 Å². The van der Waals surface area contributed by atoms with Gasteiger partial charge in [0, 0.05) is 24.7 Å². The van der Waals surface area contributed by atoms with E-state index in [9.17, 15) is 14.0 Å². The second kappa shape index (κ2) is 11.2. The van der Waals surface area contributed by atoms with Crippen LogP contribution < -0.4 is 9.47 Å². The summed E-state index contributed by atoms with van der Waals surface area (Å²) in [7, 11) is 0. The molecule has 7 heteroatoms. The van der Waals surface area contributed by atoms with E-state index in [1.54, 1.807) is 55.1 Å². The molecule has 0 bridgehead atoms. The molecule has 0 aromatic heterocycles. The Morgan fingerprint density at radius 2 is 1.81 bits per heavy atom. The van der Waals surface area contributed by atoms with Crippen molar-refractivity contribution in [1.82, 2.24) is 4.90 Å². The molecule has 0 radical (unpaired) electrons. The fourth-order valence-electron chi connectivity index (χ4n) is 3.06. The summed E-state index contributed by atoms with van der Waals surface area (Å²) in [6, 6.07) is 11.3. The van der Waals surface area contributed by atoms with Gasteiger partial charge in [-0.2, -0.15) is 0 Å². The van der Waals surface area contributed by atoms with Crippen LogP contribution in [-0.4, -0.2) is 41.6 Å². The zero-order valence-electron chi connectivity index (χ0n) is 18.2. The lowest BCUT2D eigenvalue weighted by Gasteiger charge is -2.19. The van der Waals surface area contributed by atoms with Crippen molar-refractivity contribution in [2.45, 2.75) is 33.8 Å². The van der Waals surface area contributed by atoms with Crippen molar-refractivity contribution in [3.63, 3.8) is 0 Å². The van der Waals surface area contributed by atoms with E-state index in [2.05, 4.69) is 0 Å². The fourth-order valence-corrected chi connectivity index (χ4v) is 3.06. The number of rotatable bonds is 10. The second-order valence-electron chi connectivity index (χ2n) is 6.96. The molecule has 1 atom stereocenters. The molecule has 6 nitrogen and oxygen atoms in total. The number of carbonyl (C=O) groups excluding carboxylic acids is 1. The lowest BCUT2D eigenvalue weighted by molar-refractivity contribution is -0.139. The van der Waals surface area contributed by atoms with Gasteiger partial charge in [0.2, 0.25) is 5.91 Å². The summed E-state index contributed by atoms with van der Waals surface area (Å²) in [5, 5.41) is 9.00. The minimum absolute atomic E-state index is 0.107. The third-order valence-corrected chi connectivity index (χ3v) is 4.81. The smallest absolute Gasteiger partial charge is 0.341 e. The summed E-state index contributed by atoms with van der Waals surface area (Å²) in [6.07, 6.45) is 0.909. The lowest BCUT2D eigenvalue weighted by atomic mass is 10.1. The molecule has 0 heterocycles. The summed E-state index contributed by atoms with van der Waals surface area (Å²) in [4.78, 5) is 25.1. The van der Waals surface area contributed by atoms with Gasteiger partial charge < -0.3 is 19.5 Å². The van der Waals surface area contributed by atoms with Crippen LogP contribution in [0.2, 0.25) is 0 Å². The van der Waals surface area contributed by atoms with Gasteiger partial charge in [-0.05, 0) is 57.0 Å². The van der Waals surface area contributed by atoms with Crippen molar-refractivity contribution < 1.29 is 28.6 Å². The van der Waals surface area contributed by atoms with Gasteiger partial charge in [-0.1, -0.05) is 24.3 Å². The van der Waals surface area contributed by atoms with E-state index in [0.717, 1.165) is 0 Å². The van der Waals surface area contributed by atoms with Gasteiger partial charge in [-0.25, -0.2) is 9.18 Å². The number of allylic oxidation sites excluding steroid dienone is 1. The van der Waals surface area contributed by atoms with Crippen LogP contribution in [0.1, 0.15) is 44.9 Å². The van der Waals surface area contributed by atoms with Gasteiger partial charge >= 0.3 is 5.97 Å². The minimum atomic E-state index is -1.14. The van der Waals surface area contributed by atoms with E-state index in [1.807, 2.05) is 13.8 Å². The molecule has 0 saturated carbocycles. The third-order valence-electron chi connectivity index (χ3n) is 4.81. The summed E-state index contributed by atoms with van der Waals surface area (Å²) in [5.41, 5.74) is 1.76. The zero-order valence-corrected chi connectivity index (χ0v) is 18.2. The highest BCUT2D eigenvalue weighted by Crippen LogP contribution is 2.34. The summed E-state index contributed by atoms with van der Waals surface area (Å²) >= 11 is 0. The molecule has 0 aliphatic carbocycles. The van der Waals surface area contributed by atoms with Crippen LogP contribution in [-0.2, 0) is 9.59 Å². The van der Waals surface area contributed by atoms with Crippen molar-refractivity contribution >= 4 is 17.4 Å². The first-order valence-corrected chi connectivity index (χ1v) is 10.1. The summed E-state index contributed by atoms with van der Waals surface area (Å²) < 4.78 is 25.4. The average Bonchev–Trinajstić information content (AvgIpc) is 2.73. The number of hydrogen-bond donors (Lipinski definition) is 1. The maximum absolute atomic E-state index is 14.1. The molecule has 2 rings (SSSR count). The molecule has 1 N–H and O–H groups in total. The predicted octanol–water partition coefficient (Wildman–Crippen LogP) is 4.70. The number of carboxylic acids is 1. The Morgan fingerprint density at radius 1 is 1.13 bits per heavy atom. The topological polar surface area (TPSA) is 76.1 Å². The van der Waals surface area contributed by atoms with Gasteiger partial charge in [-0.15, -0.1) is 0 Å². The second-order valence-corrected chi connectivity index (χ2v) is 6.96. The quantitative estimate of drug-likeness (QED) is 0.554. The lowest BCUT2D eigenvalue weighted by Crippen LogP contribution is -2.28.